The van der Waals surface area contributed by atoms with E-state index in [1.165, 1.54) is 29.7 Å². The third-order valence-corrected chi connectivity index (χ3v) is 6.63. The maximum Gasteiger partial charge on any atom is 0.293 e. The molecule has 0 radical (unpaired) electrons. The van der Waals surface area contributed by atoms with Gasteiger partial charge in [0, 0.05) is 18.0 Å². The van der Waals surface area contributed by atoms with E-state index in [-0.39, 0.29) is 5.91 Å². The van der Waals surface area contributed by atoms with Gasteiger partial charge in [-0.05, 0) is 50.0 Å². The van der Waals surface area contributed by atoms with Crippen LogP contribution in [-0.2, 0) is 12.8 Å². The summed E-state index contributed by atoms with van der Waals surface area (Å²) < 4.78 is 1.69. The number of piperidine rings is 1. The fourth-order valence-electron chi connectivity index (χ4n) is 4.16. The molecule has 3 aromatic rings. The molecule has 0 unspecified atom stereocenters. The average Bonchev–Trinajstić information content (AvgIpc) is 3.21. The lowest BCUT2D eigenvalue weighted by Crippen LogP contribution is -2.39. The van der Waals surface area contributed by atoms with Crippen molar-refractivity contribution in [2.24, 2.45) is 5.92 Å². The molecule has 1 saturated heterocycles. The van der Waals surface area contributed by atoms with Gasteiger partial charge in [-0.2, -0.15) is 0 Å². The zero-order valence-electron chi connectivity index (χ0n) is 14.4. The molecule has 1 atom stereocenters. The first-order valence-corrected chi connectivity index (χ1v) is 9.97. The lowest BCUT2D eigenvalue weighted by atomic mass is 9.97. The van der Waals surface area contributed by atoms with Gasteiger partial charge in [0.15, 0.2) is 5.65 Å². The van der Waals surface area contributed by atoms with Crippen LogP contribution in [0.5, 0.6) is 0 Å². The molecular weight excluding hydrogens is 334 g/mol. The highest BCUT2D eigenvalue weighted by Gasteiger charge is 2.27. The van der Waals surface area contributed by atoms with Gasteiger partial charge in [0.2, 0.25) is 5.82 Å². The predicted octanol–water partition coefficient (Wildman–Crippen LogP) is 3.09. The standard InChI is InChI=1S/C18H21N5OS/c1-11-5-4-8-22(9-11)18(24)15-20-16-14-12-6-2-3-7-13(12)25-17(14)19-10-23(16)21-15/h10-11H,2-9H2,1H3/t11-/m1/s1. The average molecular weight is 355 g/mol. The Morgan fingerprint density at radius 2 is 2.16 bits per heavy atom. The van der Waals surface area contributed by atoms with Crippen molar-refractivity contribution < 1.29 is 4.79 Å². The quantitative estimate of drug-likeness (QED) is 0.673. The van der Waals surface area contributed by atoms with Gasteiger partial charge in [0.05, 0.1) is 5.39 Å². The minimum atomic E-state index is -0.0486. The number of hydrogen-bond donors (Lipinski definition) is 0. The van der Waals surface area contributed by atoms with Gasteiger partial charge in [-0.15, -0.1) is 16.4 Å². The molecule has 1 aliphatic carbocycles. The molecule has 1 amide bonds. The van der Waals surface area contributed by atoms with Gasteiger partial charge in [0.25, 0.3) is 5.91 Å². The van der Waals surface area contributed by atoms with Gasteiger partial charge >= 0.3 is 0 Å². The zero-order chi connectivity index (χ0) is 17.0. The molecule has 0 bridgehead atoms. The van der Waals surface area contributed by atoms with E-state index in [1.807, 2.05) is 4.90 Å². The molecule has 0 N–H and O–H groups in total. The summed E-state index contributed by atoms with van der Waals surface area (Å²) in [5.41, 5.74) is 2.17. The van der Waals surface area contributed by atoms with Crippen LogP contribution < -0.4 is 0 Å². The molecule has 6 nitrogen and oxygen atoms in total. The highest BCUT2D eigenvalue weighted by Crippen LogP contribution is 2.36. The molecule has 1 aliphatic heterocycles. The lowest BCUT2D eigenvalue weighted by molar-refractivity contribution is 0.0671. The van der Waals surface area contributed by atoms with Crippen LogP contribution in [0.25, 0.3) is 15.9 Å². The fourth-order valence-corrected chi connectivity index (χ4v) is 5.38. The van der Waals surface area contributed by atoms with Crippen molar-refractivity contribution in [1.29, 1.82) is 0 Å². The first-order chi connectivity index (χ1) is 12.2. The van der Waals surface area contributed by atoms with E-state index in [0.29, 0.717) is 11.7 Å². The van der Waals surface area contributed by atoms with E-state index < -0.39 is 0 Å². The maximum absolute atomic E-state index is 12.8. The minimum absolute atomic E-state index is 0.0486. The Kier molecular flexibility index (Phi) is 3.51. The number of hydrogen-bond acceptors (Lipinski definition) is 5. The molecule has 0 saturated carbocycles. The molecule has 0 spiro atoms. The Bertz CT molecular complexity index is 975. The van der Waals surface area contributed by atoms with Crippen molar-refractivity contribution >= 4 is 33.1 Å². The van der Waals surface area contributed by atoms with Gasteiger partial charge in [-0.3, -0.25) is 4.79 Å². The molecular formula is C18H21N5OS. The number of carbonyl (C=O) groups excluding carboxylic acids is 1. The summed E-state index contributed by atoms with van der Waals surface area (Å²) in [6.45, 7) is 3.80. The van der Waals surface area contributed by atoms with Crippen LogP contribution in [0.4, 0.5) is 0 Å². The summed E-state index contributed by atoms with van der Waals surface area (Å²) in [4.78, 5) is 26.4. The van der Waals surface area contributed by atoms with Crippen LogP contribution in [0.15, 0.2) is 6.33 Å². The molecule has 3 aromatic heterocycles. The van der Waals surface area contributed by atoms with E-state index in [1.54, 1.807) is 22.2 Å². The van der Waals surface area contributed by atoms with Crippen LogP contribution in [0.1, 0.15) is 53.7 Å². The fraction of sp³-hybridized carbons (Fsp3) is 0.556. The normalized spacial score (nSPS) is 21.0. The zero-order valence-corrected chi connectivity index (χ0v) is 15.2. The molecule has 4 heterocycles. The number of thiophene rings is 1. The number of aryl methyl sites for hydroxylation is 2. The molecule has 2 aliphatic rings. The Morgan fingerprint density at radius 3 is 3.04 bits per heavy atom. The third-order valence-electron chi connectivity index (χ3n) is 5.43. The van der Waals surface area contributed by atoms with E-state index in [0.717, 1.165) is 48.2 Å². The molecule has 0 aromatic carbocycles. The van der Waals surface area contributed by atoms with E-state index in [9.17, 15) is 4.79 Å². The Hall–Kier alpha value is -2.02. The number of likely N-dealkylation sites (tertiary alicyclic amines) is 1. The number of nitrogens with zero attached hydrogens (tertiary/aromatic N) is 5. The summed E-state index contributed by atoms with van der Waals surface area (Å²) in [5.74, 6) is 0.804. The first kappa shape index (κ1) is 15.3. The monoisotopic (exact) mass is 355 g/mol. The van der Waals surface area contributed by atoms with Gasteiger partial charge < -0.3 is 4.90 Å². The number of rotatable bonds is 1. The second kappa shape index (κ2) is 5.76. The molecule has 1 fully saturated rings. The van der Waals surface area contributed by atoms with Crippen molar-refractivity contribution in [1.82, 2.24) is 24.5 Å². The molecule has 5 rings (SSSR count). The van der Waals surface area contributed by atoms with Crippen LogP contribution >= 0.6 is 11.3 Å². The third kappa shape index (κ3) is 2.44. The summed E-state index contributed by atoms with van der Waals surface area (Å²) in [5, 5.41) is 5.56. The summed E-state index contributed by atoms with van der Waals surface area (Å²) in [6.07, 6.45) is 8.62. The van der Waals surface area contributed by atoms with Crippen molar-refractivity contribution in [3.05, 3.63) is 22.6 Å². The topological polar surface area (TPSA) is 63.4 Å². The second-order valence-corrected chi connectivity index (χ2v) is 8.42. The van der Waals surface area contributed by atoms with Crippen molar-refractivity contribution in [3.8, 4) is 0 Å². The van der Waals surface area contributed by atoms with Gasteiger partial charge in [-0.25, -0.2) is 14.5 Å². The van der Waals surface area contributed by atoms with E-state index in [4.69, 9.17) is 0 Å². The van der Waals surface area contributed by atoms with Crippen molar-refractivity contribution in [3.63, 3.8) is 0 Å². The van der Waals surface area contributed by atoms with Crippen LogP contribution in [-0.4, -0.2) is 43.5 Å². The predicted molar refractivity (Wildman–Crippen MR) is 97.1 cm³/mol. The van der Waals surface area contributed by atoms with E-state index >= 15 is 0 Å². The van der Waals surface area contributed by atoms with Gasteiger partial charge in [-0.1, -0.05) is 6.92 Å². The molecule has 130 valence electrons. The second-order valence-electron chi connectivity index (χ2n) is 7.34. The summed E-state index contributed by atoms with van der Waals surface area (Å²) in [7, 11) is 0. The SMILES string of the molecule is C[C@@H]1CCCN(C(=O)c2nc3c4c5c(sc4ncn3n2)CCCC5)C1. The van der Waals surface area contributed by atoms with Crippen LogP contribution in [0.3, 0.4) is 0 Å². The number of amides is 1. The van der Waals surface area contributed by atoms with Gasteiger partial charge in [0.1, 0.15) is 11.2 Å². The number of carbonyl (C=O) groups is 1. The molecule has 7 heteroatoms. The van der Waals surface area contributed by atoms with E-state index in [2.05, 4.69) is 22.0 Å². The lowest BCUT2D eigenvalue weighted by Gasteiger charge is -2.29. The highest BCUT2D eigenvalue weighted by atomic mass is 32.1. The number of fused-ring (bicyclic) bond motifs is 5. The first-order valence-electron chi connectivity index (χ1n) is 9.15. The van der Waals surface area contributed by atoms with Crippen molar-refractivity contribution in [2.75, 3.05) is 13.1 Å². The summed E-state index contributed by atoms with van der Waals surface area (Å²) >= 11 is 1.77. The Labute approximate surface area is 149 Å². The highest BCUT2D eigenvalue weighted by molar-refractivity contribution is 7.19. The smallest absolute Gasteiger partial charge is 0.293 e. The molecule has 25 heavy (non-hydrogen) atoms. The van der Waals surface area contributed by atoms with Crippen molar-refractivity contribution in [2.45, 2.75) is 45.4 Å². The Balaban J connectivity index is 1.60. The number of aromatic nitrogens is 4. The van der Waals surface area contributed by atoms with Crippen LogP contribution in [0.2, 0.25) is 0 Å². The summed E-state index contributed by atoms with van der Waals surface area (Å²) in [6, 6.07) is 0. The maximum atomic E-state index is 12.8. The van der Waals surface area contributed by atoms with Crippen LogP contribution in [0, 0.1) is 5.92 Å². The minimum Gasteiger partial charge on any atom is -0.336 e. The largest absolute Gasteiger partial charge is 0.336 e. The Morgan fingerprint density at radius 1 is 1.28 bits per heavy atom.